The van der Waals surface area contributed by atoms with E-state index in [0.29, 0.717) is 32.0 Å². The van der Waals surface area contributed by atoms with E-state index in [1.165, 1.54) is 10.5 Å². The van der Waals surface area contributed by atoms with Crippen molar-refractivity contribution in [1.29, 1.82) is 0 Å². The molecule has 1 aliphatic rings. The van der Waals surface area contributed by atoms with Crippen molar-refractivity contribution in [2.24, 2.45) is 0 Å². The lowest BCUT2D eigenvalue weighted by Crippen LogP contribution is -2.47. The molecule has 0 radical (unpaired) electrons. The molecule has 0 amide bonds. The lowest BCUT2D eigenvalue weighted by Gasteiger charge is -2.31. The second-order valence-electron chi connectivity index (χ2n) is 6.16. The number of anilines is 2. The van der Waals surface area contributed by atoms with Gasteiger partial charge in [0.05, 0.1) is 0 Å². The smallest absolute Gasteiger partial charge is 0.244 e. The minimum Gasteiger partial charge on any atom is -0.368 e. The number of nitrogens with zero attached hydrogens (tertiary/aromatic N) is 4. The minimum absolute atomic E-state index is 0.235. The largest absolute Gasteiger partial charge is 0.368 e. The first-order chi connectivity index (χ1) is 12.6. The van der Waals surface area contributed by atoms with E-state index in [9.17, 15) is 8.42 Å². The number of nitrogens with one attached hydrogen (secondary N) is 2. The van der Waals surface area contributed by atoms with E-state index >= 15 is 0 Å². The van der Waals surface area contributed by atoms with Crippen molar-refractivity contribution in [3.63, 3.8) is 0 Å². The first kappa shape index (κ1) is 18.6. The second-order valence-corrected chi connectivity index (χ2v) is 8.09. The van der Waals surface area contributed by atoms with Crippen molar-refractivity contribution in [2.45, 2.75) is 4.90 Å². The van der Waals surface area contributed by atoms with Crippen molar-refractivity contribution in [1.82, 2.24) is 19.2 Å². The van der Waals surface area contributed by atoms with Crippen LogP contribution in [0.25, 0.3) is 0 Å². The van der Waals surface area contributed by atoms with Crippen LogP contribution in [0.2, 0.25) is 0 Å². The summed E-state index contributed by atoms with van der Waals surface area (Å²) in [5.41, 5.74) is 0. The highest BCUT2D eigenvalue weighted by atomic mass is 32.2. The van der Waals surface area contributed by atoms with Gasteiger partial charge in [-0.2, -0.15) is 4.31 Å². The van der Waals surface area contributed by atoms with Gasteiger partial charge < -0.3 is 15.5 Å². The number of piperazine rings is 1. The van der Waals surface area contributed by atoms with E-state index in [2.05, 4.69) is 25.5 Å². The third kappa shape index (κ3) is 4.69. The third-order valence-electron chi connectivity index (χ3n) is 4.24. The van der Waals surface area contributed by atoms with Gasteiger partial charge in [-0.25, -0.2) is 18.4 Å². The number of hydrogen-bond acceptors (Lipinski definition) is 7. The van der Waals surface area contributed by atoms with Crippen LogP contribution in [0.1, 0.15) is 0 Å². The maximum atomic E-state index is 12.7. The van der Waals surface area contributed by atoms with Crippen LogP contribution < -0.4 is 10.6 Å². The zero-order chi connectivity index (χ0) is 18.4. The Balaban J connectivity index is 1.51. The Morgan fingerprint density at radius 3 is 2.23 bits per heavy atom. The molecule has 26 heavy (non-hydrogen) atoms. The summed E-state index contributed by atoms with van der Waals surface area (Å²) in [7, 11) is -1.47. The first-order valence-corrected chi connectivity index (χ1v) is 10.0. The Bertz CT molecular complexity index is 790. The van der Waals surface area contributed by atoms with Gasteiger partial charge in [0.1, 0.15) is 16.5 Å². The highest BCUT2D eigenvalue weighted by Gasteiger charge is 2.27. The van der Waals surface area contributed by atoms with Gasteiger partial charge in [-0.1, -0.05) is 6.07 Å². The molecule has 2 aromatic rings. The van der Waals surface area contributed by atoms with Crippen LogP contribution in [-0.4, -0.2) is 73.9 Å². The van der Waals surface area contributed by atoms with Crippen LogP contribution in [0.3, 0.4) is 0 Å². The van der Waals surface area contributed by atoms with Crippen LogP contribution in [0.5, 0.6) is 0 Å². The van der Waals surface area contributed by atoms with Crippen LogP contribution in [0.4, 0.5) is 11.6 Å². The van der Waals surface area contributed by atoms with E-state index in [0.717, 1.165) is 18.9 Å². The van der Waals surface area contributed by atoms with Gasteiger partial charge in [0.2, 0.25) is 10.0 Å². The Morgan fingerprint density at radius 2 is 1.65 bits per heavy atom. The van der Waals surface area contributed by atoms with Crippen molar-refractivity contribution in [2.75, 3.05) is 56.9 Å². The molecule has 3 heterocycles. The molecule has 0 aromatic carbocycles. The fourth-order valence-corrected chi connectivity index (χ4v) is 4.03. The van der Waals surface area contributed by atoms with Gasteiger partial charge in [-0.15, -0.1) is 0 Å². The van der Waals surface area contributed by atoms with Gasteiger partial charge in [-0.3, -0.25) is 0 Å². The molecule has 0 aliphatic carbocycles. The number of sulfonamides is 1. The molecular weight excluding hydrogens is 352 g/mol. The monoisotopic (exact) mass is 376 g/mol. The van der Waals surface area contributed by atoms with Gasteiger partial charge >= 0.3 is 0 Å². The molecule has 0 atom stereocenters. The summed E-state index contributed by atoms with van der Waals surface area (Å²) in [6.07, 6.45) is 3.15. The lowest BCUT2D eigenvalue weighted by atomic mass is 10.4. The summed E-state index contributed by atoms with van der Waals surface area (Å²) < 4.78 is 26.8. The van der Waals surface area contributed by atoms with Crippen LogP contribution >= 0.6 is 0 Å². The predicted molar refractivity (Wildman–Crippen MR) is 102 cm³/mol. The quantitative estimate of drug-likeness (QED) is 0.695. The first-order valence-electron chi connectivity index (χ1n) is 8.59. The van der Waals surface area contributed by atoms with Crippen LogP contribution in [-0.2, 0) is 10.0 Å². The standard InChI is InChI=1S/C17H24N6O2S/c1-22-10-12-23(13-11-22)26(24,25)15-5-6-17(21-14-15)20-9-8-19-16-4-2-3-7-18-16/h2-7,14H,8-13H2,1H3,(H,18,19)(H,20,21). The summed E-state index contributed by atoms with van der Waals surface area (Å²) in [5, 5.41) is 6.35. The number of rotatable bonds is 7. The molecule has 0 unspecified atom stereocenters. The number of hydrogen-bond donors (Lipinski definition) is 2. The zero-order valence-electron chi connectivity index (χ0n) is 14.8. The highest BCUT2D eigenvalue weighted by Crippen LogP contribution is 2.17. The summed E-state index contributed by atoms with van der Waals surface area (Å²) >= 11 is 0. The molecule has 0 bridgehead atoms. The van der Waals surface area contributed by atoms with Crippen LogP contribution in [0, 0.1) is 0 Å². The average molecular weight is 376 g/mol. The number of likely N-dealkylation sites (N-methyl/N-ethyl adjacent to an activating group) is 1. The fourth-order valence-electron chi connectivity index (χ4n) is 2.66. The summed E-state index contributed by atoms with van der Waals surface area (Å²) in [4.78, 5) is 10.8. The summed E-state index contributed by atoms with van der Waals surface area (Å²) in [6.45, 7) is 3.84. The predicted octanol–water partition coefficient (Wildman–Crippen LogP) is 0.937. The molecular formula is C17H24N6O2S. The molecule has 8 nitrogen and oxygen atoms in total. The normalized spacial score (nSPS) is 16.3. The highest BCUT2D eigenvalue weighted by molar-refractivity contribution is 7.89. The molecule has 9 heteroatoms. The Morgan fingerprint density at radius 1 is 0.962 bits per heavy atom. The van der Waals surface area contributed by atoms with Crippen molar-refractivity contribution < 1.29 is 8.42 Å². The van der Waals surface area contributed by atoms with E-state index in [1.807, 2.05) is 25.2 Å². The number of aromatic nitrogens is 2. The van der Waals surface area contributed by atoms with E-state index < -0.39 is 10.0 Å². The Labute approximate surface area is 154 Å². The van der Waals surface area contributed by atoms with E-state index in [1.54, 1.807) is 18.3 Å². The van der Waals surface area contributed by atoms with Crippen molar-refractivity contribution in [3.05, 3.63) is 42.7 Å². The topological polar surface area (TPSA) is 90.5 Å². The second kappa shape index (κ2) is 8.43. The molecule has 0 saturated carbocycles. The minimum atomic E-state index is -3.47. The van der Waals surface area contributed by atoms with Crippen molar-refractivity contribution in [3.8, 4) is 0 Å². The molecule has 1 fully saturated rings. The number of pyridine rings is 2. The molecule has 3 rings (SSSR count). The van der Waals surface area contributed by atoms with Crippen molar-refractivity contribution >= 4 is 21.7 Å². The maximum Gasteiger partial charge on any atom is 0.244 e. The van der Waals surface area contributed by atoms with Gasteiger partial charge in [0.25, 0.3) is 0 Å². The molecule has 1 aliphatic heterocycles. The van der Waals surface area contributed by atoms with Gasteiger partial charge in [0.15, 0.2) is 0 Å². The Hall–Kier alpha value is -2.23. The third-order valence-corrected chi connectivity index (χ3v) is 6.12. The van der Waals surface area contributed by atoms with E-state index in [4.69, 9.17) is 0 Å². The molecule has 2 N–H and O–H groups in total. The van der Waals surface area contributed by atoms with Gasteiger partial charge in [-0.05, 0) is 31.3 Å². The van der Waals surface area contributed by atoms with Gasteiger partial charge in [0, 0.05) is 51.7 Å². The SMILES string of the molecule is CN1CCN(S(=O)(=O)c2ccc(NCCNc3ccccn3)nc2)CC1. The summed E-state index contributed by atoms with van der Waals surface area (Å²) in [6, 6.07) is 8.99. The van der Waals surface area contributed by atoms with Crippen LogP contribution in [0.15, 0.2) is 47.6 Å². The molecule has 0 spiro atoms. The average Bonchev–Trinajstić information content (AvgIpc) is 2.67. The fraction of sp³-hybridized carbons (Fsp3) is 0.412. The Kier molecular flexibility index (Phi) is 6.02. The molecule has 2 aromatic heterocycles. The van der Waals surface area contributed by atoms with E-state index in [-0.39, 0.29) is 4.90 Å². The maximum absolute atomic E-state index is 12.7. The molecule has 1 saturated heterocycles. The zero-order valence-corrected chi connectivity index (χ0v) is 15.6. The summed E-state index contributed by atoms with van der Waals surface area (Å²) in [5.74, 6) is 1.46. The molecule has 140 valence electrons. The lowest BCUT2D eigenvalue weighted by molar-refractivity contribution is 0.222.